The molecule has 0 bridgehead atoms. The summed E-state index contributed by atoms with van der Waals surface area (Å²) in [5, 5.41) is 8.66. The van der Waals surface area contributed by atoms with E-state index in [0.717, 1.165) is 0 Å². The van der Waals surface area contributed by atoms with Gasteiger partial charge in [0, 0.05) is 18.4 Å². The Morgan fingerprint density at radius 2 is 1.93 bits per heavy atom. The number of rotatable bonds is 1. The average molecular weight is 217 g/mol. The molecule has 4 nitrogen and oxygen atoms in total. The highest BCUT2D eigenvalue weighted by Gasteiger charge is 2.48. The lowest BCUT2D eigenvalue weighted by atomic mass is 9.95. The van der Waals surface area contributed by atoms with Gasteiger partial charge < -0.3 is 10.0 Å². The van der Waals surface area contributed by atoms with E-state index in [4.69, 9.17) is 5.11 Å². The Morgan fingerprint density at radius 3 is 2.27 bits per heavy atom. The number of likely N-dealkylation sites (tertiary alicyclic amines) is 1. The summed E-state index contributed by atoms with van der Waals surface area (Å²) in [7, 11) is 0. The van der Waals surface area contributed by atoms with Gasteiger partial charge in [-0.3, -0.25) is 4.79 Å². The van der Waals surface area contributed by atoms with Gasteiger partial charge in [-0.2, -0.15) is 0 Å². The zero-order valence-corrected chi connectivity index (χ0v) is 9.21. The van der Waals surface area contributed by atoms with Gasteiger partial charge in [-0.25, -0.2) is 9.18 Å². The van der Waals surface area contributed by atoms with Gasteiger partial charge >= 0.3 is 5.97 Å². The molecular weight excluding hydrogens is 201 g/mol. The first-order valence-corrected chi connectivity index (χ1v) is 4.88. The predicted molar refractivity (Wildman–Crippen MR) is 52.1 cm³/mol. The summed E-state index contributed by atoms with van der Waals surface area (Å²) in [5.41, 5.74) is -2.86. The third-order valence-electron chi connectivity index (χ3n) is 2.53. The van der Waals surface area contributed by atoms with Crippen molar-refractivity contribution >= 4 is 11.9 Å². The average Bonchev–Trinajstić information content (AvgIpc) is 2.46. The van der Waals surface area contributed by atoms with Crippen molar-refractivity contribution in [1.82, 2.24) is 4.90 Å². The number of carbonyl (C=O) groups excluding carboxylic acids is 1. The molecule has 1 rings (SSSR count). The summed E-state index contributed by atoms with van der Waals surface area (Å²) in [5.74, 6) is -1.69. The molecule has 1 aliphatic heterocycles. The Labute approximate surface area is 88.1 Å². The van der Waals surface area contributed by atoms with Gasteiger partial charge in [0.05, 0.1) is 6.54 Å². The van der Waals surface area contributed by atoms with Gasteiger partial charge in [0.2, 0.25) is 11.6 Å². The molecule has 1 fully saturated rings. The quantitative estimate of drug-likeness (QED) is 0.714. The van der Waals surface area contributed by atoms with Crippen molar-refractivity contribution in [2.75, 3.05) is 13.1 Å². The molecule has 1 aliphatic rings. The molecular formula is C10H16FNO3. The van der Waals surface area contributed by atoms with E-state index in [0.29, 0.717) is 0 Å². The number of carboxylic acids is 1. The van der Waals surface area contributed by atoms with Crippen molar-refractivity contribution in [1.29, 1.82) is 0 Å². The number of carboxylic acid groups (broad SMARTS) is 1. The van der Waals surface area contributed by atoms with E-state index in [1.165, 1.54) is 4.90 Å². The maximum atomic E-state index is 13.6. The maximum Gasteiger partial charge on any atom is 0.343 e. The molecule has 1 saturated heterocycles. The zero-order valence-electron chi connectivity index (χ0n) is 9.21. The van der Waals surface area contributed by atoms with Crippen molar-refractivity contribution in [3.8, 4) is 0 Å². The van der Waals surface area contributed by atoms with Gasteiger partial charge in [0.15, 0.2) is 0 Å². The third-order valence-corrected chi connectivity index (χ3v) is 2.53. The molecule has 0 aromatic carbocycles. The molecule has 1 atom stereocenters. The summed E-state index contributed by atoms with van der Waals surface area (Å²) < 4.78 is 13.6. The van der Waals surface area contributed by atoms with Crippen molar-refractivity contribution < 1.29 is 19.1 Å². The highest BCUT2D eigenvalue weighted by Crippen LogP contribution is 2.29. The summed E-state index contributed by atoms with van der Waals surface area (Å²) >= 11 is 0. The monoisotopic (exact) mass is 217 g/mol. The van der Waals surface area contributed by atoms with Crippen LogP contribution >= 0.6 is 0 Å². The molecule has 1 N–H and O–H groups in total. The second-order valence-electron chi connectivity index (χ2n) is 5.00. The van der Waals surface area contributed by atoms with Gasteiger partial charge in [0.25, 0.3) is 0 Å². The maximum absolute atomic E-state index is 13.6. The van der Waals surface area contributed by atoms with Crippen LogP contribution in [0, 0.1) is 5.41 Å². The van der Waals surface area contributed by atoms with E-state index >= 15 is 0 Å². The lowest BCUT2D eigenvalue weighted by molar-refractivity contribution is -0.150. The fraction of sp³-hybridized carbons (Fsp3) is 0.800. The summed E-state index contributed by atoms with van der Waals surface area (Å²) in [4.78, 5) is 23.7. The van der Waals surface area contributed by atoms with E-state index in [1.54, 1.807) is 20.8 Å². The molecule has 1 amide bonds. The Bertz CT molecular complexity index is 298. The first kappa shape index (κ1) is 11.9. The Hall–Kier alpha value is -1.13. The minimum Gasteiger partial charge on any atom is -0.479 e. The molecule has 5 heteroatoms. The normalized spacial score (nSPS) is 26.8. The van der Waals surface area contributed by atoms with Crippen molar-refractivity contribution in [2.24, 2.45) is 5.41 Å². The fourth-order valence-electron chi connectivity index (χ4n) is 1.60. The molecule has 0 aliphatic carbocycles. The molecule has 0 aromatic rings. The highest BCUT2D eigenvalue weighted by molar-refractivity contribution is 5.85. The Balaban J connectivity index is 2.73. The molecule has 86 valence electrons. The number of aliphatic carboxylic acids is 1. The van der Waals surface area contributed by atoms with Gasteiger partial charge in [0.1, 0.15) is 0 Å². The molecule has 0 spiro atoms. The van der Waals surface area contributed by atoms with Crippen LogP contribution < -0.4 is 0 Å². The van der Waals surface area contributed by atoms with Crippen LogP contribution in [0.4, 0.5) is 4.39 Å². The van der Waals surface area contributed by atoms with E-state index in [9.17, 15) is 14.0 Å². The molecule has 15 heavy (non-hydrogen) atoms. The number of alkyl halides is 1. The van der Waals surface area contributed by atoms with Gasteiger partial charge in [-0.05, 0) is 0 Å². The zero-order chi connectivity index (χ0) is 11.9. The van der Waals surface area contributed by atoms with E-state index in [-0.39, 0.29) is 25.4 Å². The number of carbonyl (C=O) groups is 2. The Kier molecular flexibility index (Phi) is 2.76. The van der Waals surface area contributed by atoms with Crippen LogP contribution in [0.25, 0.3) is 0 Å². The van der Waals surface area contributed by atoms with Gasteiger partial charge in [-0.15, -0.1) is 0 Å². The van der Waals surface area contributed by atoms with Crippen LogP contribution in [0.3, 0.4) is 0 Å². The summed E-state index contributed by atoms with van der Waals surface area (Å²) in [6.07, 6.45) is -0.121. The molecule has 0 aromatic heterocycles. The second-order valence-corrected chi connectivity index (χ2v) is 5.00. The topological polar surface area (TPSA) is 57.6 Å². The first-order chi connectivity index (χ1) is 6.67. The molecule has 1 unspecified atom stereocenters. The van der Waals surface area contributed by atoms with E-state index < -0.39 is 17.1 Å². The summed E-state index contributed by atoms with van der Waals surface area (Å²) in [6, 6.07) is 0. The first-order valence-electron chi connectivity index (χ1n) is 4.88. The standard InChI is InChI=1S/C10H16FNO3/c1-9(2,3)7(13)12-5-4-10(11,6-12)8(14)15/h4-6H2,1-3H3,(H,14,15). The number of hydrogen-bond donors (Lipinski definition) is 1. The van der Waals surface area contributed by atoms with Crippen LogP contribution in [0.2, 0.25) is 0 Å². The third kappa shape index (κ3) is 2.27. The SMILES string of the molecule is CC(C)(C)C(=O)N1CCC(F)(C(=O)O)C1. The molecule has 0 radical (unpaired) electrons. The molecule has 1 heterocycles. The van der Waals surface area contributed by atoms with Crippen molar-refractivity contribution in [3.05, 3.63) is 0 Å². The number of nitrogens with zero attached hydrogens (tertiary/aromatic N) is 1. The second kappa shape index (κ2) is 3.47. The molecule has 0 saturated carbocycles. The lowest BCUT2D eigenvalue weighted by Crippen LogP contribution is -2.42. The highest BCUT2D eigenvalue weighted by atomic mass is 19.1. The minimum atomic E-state index is -2.26. The minimum absolute atomic E-state index is 0.121. The van der Waals surface area contributed by atoms with Crippen LogP contribution in [-0.2, 0) is 9.59 Å². The number of hydrogen-bond acceptors (Lipinski definition) is 2. The smallest absolute Gasteiger partial charge is 0.343 e. The van der Waals surface area contributed by atoms with E-state index in [2.05, 4.69) is 0 Å². The van der Waals surface area contributed by atoms with E-state index in [1.807, 2.05) is 0 Å². The number of amides is 1. The predicted octanol–water partition coefficient (Wildman–Crippen LogP) is 1.06. The van der Waals surface area contributed by atoms with Crippen molar-refractivity contribution in [2.45, 2.75) is 32.9 Å². The van der Waals surface area contributed by atoms with Gasteiger partial charge in [-0.1, -0.05) is 20.8 Å². The van der Waals surface area contributed by atoms with Crippen LogP contribution in [0.5, 0.6) is 0 Å². The fourth-order valence-corrected chi connectivity index (χ4v) is 1.60. The largest absolute Gasteiger partial charge is 0.479 e. The number of halogens is 1. The van der Waals surface area contributed by atoms with Crippen LogP contribution in [0.15, 0.2) is 0 Å². The van der Waals surface area contributed by atoms with Crippen molar-refractivity contribution in [3.63, 3.8) is 0 Å². The van der Waals surface area contributed by atoms with Crippen LogP contribution in [0.1, 0.15) is 27.2 Å². The Morgan fingerprint density at radius 1 is 1.40 bits per heavy atom. The summed E-state index contributed by atoms with van der Waals surface area (Å²) in [6.45, 7) is 5.04. The van der Waals surface area contributed by atoms with Crippen LogP contribution in [-0.4, -0.2) is 40.6 Å². The lowest BCUT2D eigenvalue weighted by Gasteiger charge is -2.25.